The van der Waals surface area contributed by atoms with Gasteiger partial charge in [-0.05, 0) is 24.1 Å². The van der Waals surface area contributed by atoms with Gasteiger partial charge in [0.1, 0.15) is 6.07 Å². The highest BCUT2D eigenvalue weighted by Crippen LogP contribution is 2.29. The minimum absolute atomic E-state index is 0.434. The second-order valence-electron chi connectivity index (χ2n) is 3.33. The van der Waals surface area contributed by atoms with Crippen molar-refractivity contribution in [2.75, 3.05) is 7.11 Å². The first kappa shape index (κ1) is 12.3. The van der Waals surface area contributed by atoms with Gasteiger partial charge >= 0.3 is 0 Å². The van der Waals surface area contributed by atoms with E-state index in [-0.39, 0.29) is 0 Å². The summed E-state index contributed by atoms with van der Waals surface area (Å²) in [6.07, 6.45) is 0.175. The summed E-state index contributed by atoms with van der Waals surface area (Å²) in [6, 6.07) is 7.55. The van der Waals surface area contributed by atoms with Crippen molar-refractivity contribution in [3.8, 4) is 17.6 Å². The quantitative estimate of drug-likeness (QED) is 0.822. The lowest BCUT2D eigenvalue weighted by atomic mass is 10.2. The van der Waals surface area contributed by atoms with Gasteiger partial charge in [-0.3, -0.25) is 0 Å². The molecule has 0 unspecified atom stereocenters. The highest BCUT2D eigenvalue weighted by molar-refractivity contribution is 5.43. The van der Waals surface area contributed by atoms with E-state index in [0.717, 1.165) is 5.56 Å². The number of benzene rings is 1. The van der Waals surface area contributed by atoms with E-state index in [9.17, 15) is 0 Å². The summed E-state index contributed by atoms with van der Waals surface area (Å²) >= 11 is 0. The Balaban J connectivity index is 2.95. The van der Waals surface area contributed by atoms with Gasteiger partial charge in [-0.15, -0.1) is 0 Å². The molecule has 4 heteroatoms. The van der Waals surface area contributed by atoms with Gasteiger partial charge in [-0.2, -0.15) is 5.26 Å². The Hall–Kier alpha value is -1.73. The molecule has 0 heterocycles. The lowest BCUT2D eigenvalue weighted by molar-refractivity contribution is 0.238. The van der Waals surface area contributed by atoms with Crippen LogP contribution in [0.1, 0.15) is 18.9 Å². The molecule has 0 aliphatic carbocycles. The summed E-state index contributed by atoms with van der Waals surface area (Å²) in [7, 11) is 1.57. The number of rotatable bonds is 5. The van der Waals surface area contributed by atoms with Crippen LogP contribution < -0.4 is 15.2 Å². The molecule has 1 aromatic carbocycles. The molecule has 1 atom stereocenters. The Bertz CT molecular complexity index is 385. The number of hydrogen-bond acceptors (Lipinski definition) is 4. The third kappa shape index (κ3) is 2.88. The Morgan fingerprint density at radius 3 is 2.69 bits per heavy atom. The van der Waals surface area contributed by atoms with Crippen LogP contribution in [0.3, 0.4) is 0 Å². The molecule has 0 radical (unpaired) electrons. The number of methoxy groups -OCH3 is 1. The summed E-state index contributed by atoms with van der Waals surface area (Å²) in [5.41, 5.74) is 6.49. The van der Waals surface area contributed by atoms with E-state index in [1.807, 2.05) is 13.0 Å². The summed E-state index contributed by atoms with van der Waals surface area (Å²) in [5, 5.41) is 8.84. The van der Waals surface area contributed by atoms with E-state index >= 15 is 0 Å². The predicted octanol–water partition coefficient (Wildman–Crippen LogP) is 1.83. The second-order valence-corrected chi connectivity index (χ2v) is 3.33. The van der Waals surface area contributed by atoms with Crippen LogP contribution in [0.4, 0.5) is 0 Å². The molecular weight excluding hydrogens is 204 g/mol. The fourth-order valence-corrected chi connectivity index (χ4v) is 1.29. The normalized spacial score (nSPS) is 11.6. The van der Waals surface area contributed by atoms with Crippen molar-refractivity contribution in [2.45, 2.75) is 26.0 Å². The summed E-state index contributed by atoms with van der Waals surface area (Å²) < 4.78 is 10.7. The van der Waals surface area contributed by atoms with E-state index in [4.69, 9.17) is 20.5 Å². The van der Waals surface area contributed by atoms with E-state index < -0.39 is 6.10 Å². The minimum atomic E-state index is -0.457. The van der Waals surface area contributed by atoms with Crippen LogP contribution in [0.15, 0.2) is 18.2 Å². The van der Waals surface area contributed by atoms with E-state index in [0.29, 0.717) is 24.5 Å². The molecule has 0 aliphatic heterocycles. The molecule has 2 N–H and O–H groups in total. The van der Waals surface area contributed by atoms with Gasteiger partial charge < -0.3 is 15.2 Å². The molecule has 0 amide bonds. The standard InChI is InChI=1S/C12H16N2O2/c1-3-10(8-14)16-12-6-9(7-13)4-5-11(12)15-2/h4-6,10H,3,7,13H2,1-2H3/t10-/m0/s1. The Morgan fingerprint density at radius 1 is 1.44 bits per heavy atom. The van der Waals surface area contributed by atoms with Crippen molar-refractivity contribution in [3.63, 3.8) is 0 Å². The van der Waals surface area contributed by atoms with Gasteiger partial charge in [0, 0.05) is 6.54 Å². The van der Waals surface area contributed by atoms with Crippen molar-refractivity contribution >= 4 is 0 Å². The topological polar surface area (TPSA) is 68.3 Å². The third-order valence-electron chi connectivity index (χ3n) is 2.25. The molecule has 0 aliphatic rings. The number of hydrogen-bond donors (Lipinski definition) is 1. The van der Waals surface area contributed by atoms with Gasteiger partial charge in [0.05, 0.1) is 7.11 Å². The maximum Gasteiger partial charge on any atom is 0.184 e. The average Bonchev–Trinajstić information content (AvgIpc) is 2.35. The minimum Gasteiger partial charge on any atom is -0.493 e. The van der Waals surface area contributed by atoms with E-state index in [1.54, 1.807) is 19.2 Å². The fraction of sp³-hybridized carbons (Fsp3) is 0.417. The van der Waals surface area contributed by atoms with Gasteiger partial charge in [-0.25, -0.2) is 0 Å². The van der Waals surface area contributed by atoms with Crippen molar-refractivity contribution < 1.29 is 9.47 Å². The smallest absolute Gasteiger partial charge is 0.184 e. The number of ether oxygens (including phenoxy) is 2. The Labute approximate surface area is 95.6 Å². The molecule has 0 fully saturated rings. The first-order chi connectivity index (χ1) is 7.74. The largest absolute Gasteiger partial charge is 0.493 e. The zero-order valence-electron chi connectivity index (χ0n) is 9.56. The molecule has 0 spiro atoms. The molecule has 1 rings (SSSR count). The van der Waals surface area contributed by atoms with E-state index in [1.165, 1.54) is 0 Å². The zero-order chi connectivity index (χ0) is 12.0. The zero-order valence-corrected chi connectivity index (χ0v) is 9.56. The van der Waals surface area contributed by atoms with Gasteiger partial charge in [0.25, 0.3) is 0 Å². The number of nitrogens with zero attached hydrogens (tertiary/aromatic N) is 1. The SMILES string of the molecule is CC[C@@H](C#N)Oc1cc(CN)ccc1OC. The van der Waals surface area contributed by atoms with Crippen LogP contribution in [-0.4, -0.2) is 13.2 Å². The van der Waals surface area contributed by atoms with Crippen LogP contribution in [-0.2, 0) is 6.54 Å². The van der Waals surface area contributed by atoms with Gasteiger partial charge in [-0.1, -0.05) is 13.0 Å². The Kier molecular flexibility index (Phi) is 4.62. The van der Waals surface area contributed by atoms with Crippen molar-refractivity contribution in [1.82, 2.24) is 0 Å². The maximum atomic E-state index is 8.84. The van der Waals surface area contributed by atoms with E-state index in [2.05, 4.69) is 6.07 Å². The van der Waals surface area contributed by atoms with Crippen LogP contribution in [0.25, 0.3) is 0 Å². The molecule has 4 nitrogen and oxygen atoms in total. The maximum absolute atomic E-state index is 8.84. The van der Waals surface area contributed by atoms with Gasteiger partial charge in [0.2, 0.25) is 0 Å². The average molecular weight is 220 g/mol. The molecule has 16 heavy (non-hydrogen) atoms. The second kappa shape index (κ2) is 5.99. The molecule has 0 aromatic heterocycles. The van der Waals surface area contributed by atoms with Crippen molar-refractivity contribution in [3.05, 3.63) is 23.8 Å². The fourth-order valence-electron chi connectivity index (χ4n) is 1.29. The monoisotopic (exact) mass is 220 g/mol. The van der Waals surface area contributed by atoms with Crippen LogP contribution in [0.2, 0.25) is 0 Å². The Morgan fingerprint density at radius 2 is 2.19 bits per heavy atom. The summed E-state index contributed by atoms with van der Waals surface area (Å²) in [5.74, 6) is 1.18. The lowest BCUT2D eigenvalue weighted by Crippen LogP contribution is -2.13. The van der Waals surface area contributed by atoms with Crippen molar-refractivity contribution in [1.29, 1.82) is 5.26 Å². The highest BCUT2D eigenvalue weighted by atomic mass is 16.5. The predicted molar refractivity (Wildman–Crippen MR) is 61.2 cm³/mol. The molecule has 0 saturated carbocycles. The van der Waals surface area contributed by atoms with Crippen LogP contribution in [0, 0.1) is 11.3 Å². The number of nitrogens with two attached hydrogens (primary N) is 1. The van der Waals surface area contributed by atoms with Gasteiger partial charge in [0.15, 0.2) is 17.6 Å². The third-order valence-corrected chi connectivity index (χ3v) is 2.25. The van der Waals surface area contributed by atoms with Crippen LogP contribution in [0.5, 0.6) is 11.5 Å². The highest BCUT2D eigenvalue weighted by Gasteiger charge is 2.11. The molecular formula is C12H16N2O2. The molecule has 0 bridgehead atoms. The van der Waals surface area contributed by atoms with Crippen molar-refractivity contribution in [2.24, 2.45) is 5.73 Å². The first-order valence-corrected chi connectivity index (χ1v) is 5.18. The number of nitriles is 1. The molecule has 86 valence electrons. The molecule has 1 aromatic rings. The van der Waals surface area contributed by atoms with Crippen LogP contribution >= 0.6 is 0 Å². The molecule has 0 saturated heterocycles. The summed E-state index contributed by atoms with van der Waals surface area (Å²) in [6.45, 7) is 2.33. The first-order valence-electron chi connectivity index (χ1n) is 5.18. The summed E-state index contributed by atoms with van der Waals surface area (Å²) in [4.78, 5) is 0. The lowest BCUT2D eigenvalue weighted by Gasteiger charge is -2.14.